The SMILES string of the molecule is CC(NC(=O)[C@H]1C[C@H](c2ccccc2)CN1)C(=O)NCc1[nH]c2ccncc2c1F. The molecule has 30 heavy (non-hydrogen) atoms. The fourth-order valence-corrected chi connectivity index (χ4v) is 3.80. The zero-order valence-electron chi connectivity index (χ0n) is 16.6. The van der Waals surface area contributed by atoms with Gasteiger partial charge in [-0.3, -0.25) is 14.6 Å². The maximum Gasteiger partial charge on any atom is 0.242 e. The second-order valence-electron chi connectivity index (χ2n) is 7.59. The first-order valence-corrected chi connectivity index (χ1v) is 9.99. The van der Waals surface area contributed by atoms with E-state index >= 15 is 0 Å². The third kappa shape index (κ3) is 4.18. The summed E-state index contributed by atoms with van der Waals surface area (Å²) in [6, 6.07) is 10.7. The third-order valence-electron chi connectivity index (χ3n) is 5.52. The van der Waals surface area contributed by atoms with E-state index in [9.17, 15) is 14.0 Å². The molecule has 1 fully saturated rings. The van der Waals surface area contributed by atoms with E-state index in [0.29, 0.717) is 17.3 Å². The van der Waals surface area contributed by atoms with Gasteiger partial charge in [0.2, 0.25) is 11.8 Å². The molecule has 2 amide bonds. The molecule has 2 aromatic heterocycles. The molecule has 1 aromatic carbocycles. The average Bonchev–Trinajstić information content (AvgIpc) is 3.38. The van der Waals surface area contributed by atoms with Crippen LogP contribution in [0.3, 0.4) is 0 Å². The van der Waals surface area contributed by atoms with Crippen LogP contribution in [0.4, 0.5) is 4.39 Å². The maximum absolute atomic E-state index is 14.4. The molecule has 1 aliphatic rings. The van der Waals surface area contributed by atoms with Crippen molar-refractivity contribution in [3.63, 3.8) is 0 Å². The average molecular weight is 409 g/mol. The second kappa shape index (κ2) is 8.62. The van der Waals surface area contributed by atoms with Crippen molar-refractivity contribution in [3.8, 4) is 0 Å². The van der Waals surface area contributed by atoms with E-state index in [1.807, 2.05) is 18.2 Å². The number of hydrogen-bond donors (Lipinski definition) is 4. The number of halogens is 1. The Morgan fingerprint density at radius 3 is 2.83 bits per heavy atom. The molecule has 0 saturated carbocycles. The molecule has 8 heteroatoms. The van der Waals surface area contributed by atoms with Gasteiger partial charge in [-0.05, 0) is 30.9 Å². The van der Waals surface area contributed by atoms with Crippen LogP contribution in [0.25, 0.3) is 10.9 Å². The van der Waals surface area contributed by atoms with Gasteiger partial charge >= 0.3 is 0 Å². The van der Waals surface area contributed by atoms with Gasteiger partial charge in [0.05, 0.1) is 29.2 Å². The van der Waals surface area contributed by atoms with E-state index in [4.69, 9.17) is 0 Å². The zero-order valence-corrected chi connectivity index (χ0v) is 16.6. The minimum atomic E-state index is -0.732. The fourth-order valence-electron chi connectivity index (χ4n) is 3.80. The van der Waals surface area contributed by atoms with Gasteiger partial charge < -0.3 is 20.9 Å². The molecule has 0 bridgehead atoms. The lowest BCUT2D eigenvalue weighted by Gasteiger charge is -2.17. The van der Waals surface area contributed by atoms with Gasteiger partial charge in [0.25, 0.3) is 0 Å². The van der Waals surface area contributed by atoms with Crippen LogP contribution in [0.5, 0.6) is 0 Å². The Kier molecular flexibility index (Phi) is 5.76. The highest BCUT2D eigenvalue weighted by Crippen LogP contribution is 2.25. The standard InChI is InChI=1S/C22H24FN5O2/c1-13(21(29)26-12-19-20(23)16-11-24-8-7-17(16)28-19)27-22(30)18-9-15(10-25-18)14-5-3-2-4-6-14/h2-8,11,13,15,18,25,28H,9-10,12H2,1H3,(H,26,29)(H,27,30)/t13?,15-,18+/m0/s1. The summed E-state index contributed by atoms with van der Waals surface area (Å²) in [5.41, 5.74) is 2.09. The normalized spacial score (nSPS) is 19.5. The predicted molar refractivity (Wildman–Crippen MR) is 111 cm³/mol. The Morgan fingerprint density at radius 2 is 2.07 bits per heavy atom. The van der Waals surface area contributed by atoms with E-state index in [0.717, 1.165) is 6.54 Å². The highest BCUT2D eigenvalue weighted by Gasteiger charge is 2.31. The Labute approximate surface area is 173 Å². The molecule has 3 heterocycles. The number of amides is 2. The number of rotatable bonds is 6. The van der Waals surface area contributed by atoms with Crippen molar-refractivity contribution >= 4 is 22.7 Å². The molecule has 0 spiro atoms. The number of pyridine rings is 1. The molecular weight excluding hydrogens is 385 g/mol. The Balaban J connectivity index is 1.29. The van der Waals surface area contributed by atoms with Crippen LogP contribution in [0.15, 0.2) is 48.8 Å². The molecule has 7 nitrogen and oxygen atoms in total. The van der Waals surface area contributed by atoms with Crippen molar-refractivity contribution < 1.29 is 14.0 Å². The van der Waals surface area contributed by atoms with Gasteiger partial charge in [0.1, 0.15) is 6.04 Å². The lowest BCUT2D eigenvalue weighted by Crippen LogP contribution is -2.50. The number of nitrogens with zero attached hydrogens (tertiary/aromatic N) is 1. The minimum Gasteiger partial charge on any atom is -0.354 e. The van der Waals surface area contributed by atoms with Crippen molar-refractivity contribution in [2.45, 2.75) is 37.9 Å². The molecular formula is C22H24FN5O2. The lowest BCUT2D eigenvalue weighted by atomic mass is 9.96. The Morgan fingerprint density at radius 1 is 1.27 bits per heavy atom. The van der Waals surface area contributed by atoms with Crippen LogP contribution >= 0.6 is 0 Å². The number of carbonyl (C=O) groups excluding carboxylic acids is 2. The summed E-state index contributed by atoms with van der Waals surface area (Å²) in [4.78, 5) is 31.8. The summed E-state index contributed by atoms with van der Waals surface area (Å²) < 4.78 is 14.4. The molecule has 1 aliphatic heterocycles. The Hall–Kier alpha value is -3.26. The van der Waals surface area contributed by atoms with Crippen molar-refractivity contribution in [2.24, 2.45) is 0 Å². The zero-order chi connectivity index (χ0) is 21.1. The fraction of sp³-hybridized carbons (Fsp3) is 0.318. The molecule has 4 N–H and O–H groups in total. The van der Waals surface area contributed by atoms with Gasteiger partial charge in [-0.1, -0.05) is 30.3 Å². The number of aromatic amines is 1. The van der Waals surface area contributed by atoms with Crippen LogP contribution in [0.2, 0.25) is 0 Å². The van der Waals surface area contributed by atoms with Crippen molar-refractivity contribution in [1.29, 1.82) is 0 Å². The summed E-state index contributed by atoms with van der Waals surface area (Å²) in [7, 11) is 0. The summed E-state index contributed by atoms with van der Waals surface area (Å²) in [5, 5.41) is 9.01. The number of nitrogens with one attached hydrogen (secondary N) is 4. The van der Waals surface area contributed by atoms with E-state index in [2.05, 4.69) is 38.1 Å². The van der Waals surface area contributed by atoms with Crippen molar-refractivity contribution in [1.82, 2.24) is 25.9 Å². The van der Waals surface area contributed by atoms with E-state index in [-0.39, 0.29) is 36.0 Å². The molecule has 1 unspecified atom stereocenters. The second-order valence-corrected chi connectivity index (χ2v) is 7.59. The number of benzene rings is 1. The van der Waals surface area contributed by atoms with Crippen LogP contribution in [0.1, 0.15) is 30.5 Å². The number of aromatic nitrogens is 2. The van der Waals surface area contributed by atoms with E-state index in [1.165, 1.54) is 11.8 Å². The molecule has 1 saturated heterocycles. The number of H-pyrrole nitrogens is 1. The van der Waals surface area contributed by atoms with Crippen LogP contribution in [0, 0.1) is 5.82 Å². The summed E-state index contributed by atoms with van der Waals surface area (Å²) in [5.74, 6) is -0.751. The largest absolute Gasteiger partial charge is 0.354 e. The smallest absolute Gasteiger partial charge is 0.242 e. The highest BCUT2D eigenvalue weighted by atomic mass is 19.1. The van der Waals surface area contributed by atoms with Crippen LogP contribution in [-0.2, 0) is 16.1 Å². The number of carbonyl (C=O) groups is 2. The first kappa shape index (κ1) is 20.0. The van der Waals surface area contributed by atoms with Gasteiger partial charge in [0, 0.05) is 18.9 Å². The third-order valence-corrected chi connectivity index (χ3v) is 5.52. The maximum atomic E-state index is 14.4. The van der Waals surface area contributed by atoms with Crippen LogP contribution in [-0.4, -0.2) is 40.4 Å². The highest BCUT2D eigenvalue weighted by molar-refractivity contribution is 5.89. The Bertz CT molecular complexity index is 1050. The molecule has 0 aliphatic carbocycles. The molecule has 156 valence electrons. The summed E-state index contributed by atoms with van der Waals surface area (Å²) in [6.45, 7) is 2.33. The van der Waals surface area contributed by atoms with Crippen molar-refractivity contribution in [3.05, 3.63) is 65.9 Å². The van der Waals surface area contributed by atoms with Crippen molar-refractivity contribution in [2.75, 3.05) is 6.54 Å². The lowest BCUT2D eigenvalue weighted by molar-refractivity contribution is -0.129. The molecule has 3 atom stereocenters. The first-order valence-electron chi connectivity index (χ1n) is 9.99. The monoisotopic (exact) mass is 409 g/mol. The molecule has 4 rings (SSSR count). The number of fused-ring (bicyclic) bond motifs is 1. The van der Waals surface area contributed by atoms with Crippen LogP contribution < -0.4 is 16.0 Å². The summed E-state index contributed by atoms with van der Waals surface area (Å²) >= 11 is 0. The first-order chi connectivity index (χ1) is 14.5. The quantitative estimate of drug-likeness (QED) is 0.500. The number of hydrogen-bond acceptors (Lipinski definition) is 4. The van der Waals surface area contributed by atoms with Gasteiger partial charge in [-0.15, -0.1) is 0 Å². The van der Waals surface area contributed by atoms with Gasteiger partial charge in [-0.2, -0.15) is 0 Å². The topological polar surface area (TPSA) is 98.9 Å². The van der Waals surface area contributed by atoms with E-state index < -0.39 is 11.9 Å². The predicted octanol–water partition coefficient (Wildman–Crippen LogP) is 1.97. The van der Waals surface area contributed by atoms with E-state index in [1.54, 1.807) is 19.2 Å². The molecule has 3 aromatic rings. The van der Waals surface area contributed by atoms with Gasteiger partial charge in [0.15, 0.2) is 5.82 Å². The summed E-state index contributed by atoms with van der Waals surface area (Å²) in [6.07, 6.45) is 3.68. The van der Waals surface area contributed by atoms with Gasteiger partial charge in [-0.25, -0.2) is 4.39 Å². The molecule has 0 radical (unpaired) electrons. The minimum absolute atomic E-state index is 0.00266.